The summed E-state index contributed by atoms with van der Waals surface area (Å²) in [6, 6.07) is 8.01. The molecule has 0 amide bonds. The van der Waals surface area contributed by atoms with Crippen LogP contribution < -0.4 is 4.68 Å². The fraction of sp³-hybridized carbons (Fsp3) is 0.333. The maximum atomic E-state index is 4.51. The molecule has 0 atom stereocenters. The predicted octanol–water partition coefficient (Wildman–Crippen LogP) is 2.19. The molecule has 0 saturated heterocycles. The fourth-order valence-electron chi connectivity index (χ4n) is 1.79. The molecule has 0 N–H and O–H groups in total. The van der Waals surface area contributed by atoms with Gasteiger partial charge in [-0.1, -0.05) is 37.8 Å². The van der Waals surface area contributed by atoms with Crippen LogP contribution in [0.2, 0.25) is 0 Å². The summed E-state index contributed by atoms with van der Waals surface area (Å²) >= 11 is 0. The topological polar surface area (TPSA) is 46.4 Å². The van der Waals surface area contributed by atoms with Crippen molar-refractivity contribution >= 4 is 17.6 Å². The molecule has 0 unspecified atom stereocenters. The van der Waals surface area contributed by atoms with Crippen LogP contribution in [0.1, 0.15) is 31.1 Å². The largest absolute Gasteiger partial charge is 0.281 e. The zero-order valence-electron chi connectivity index (χ0n) is 13.1. The average Bonchev–Trinajstić information content (AvgIpc) is 2.97. The Hall–Kier alpha value is -1.20. The summed E-state index contributed by atoms with van der Waals surface area (Å²) in [4.78, 5) is 4.51. The minimum Gasteiger partial charge on any atom is -0.281 e. The molecule has 0 aliphatic carbocycles. The van der Waals surface area contributed by atoms with Gasteiger partial charge in [-0.05, 0) is 24.8 Å². The Kier molecular flexibility index (Phi) is 6.56. The van der Waals surface area contributed by atoms with Crippen LogP contribution in [0.15, 0.2) is 34.4 Å². The van der Waals surface area contributed by atoms with Crippen molar-refractivity contribution in [3.05, 3.63) is 41.5 Å². The first-order chi connectivity index (χ1) is 9.65. The van der Waals surface area contributed by atoms with Crippen molar-refractivity contribution in [3.63, 3.8) is 0 Å². The van der Waals surface area contributed by atoms with E-state index in [9.17, 15) is 0 Å². The van der Waals surface area contributed by atoms with Gasteiger partial charge >= 0.3 is 0 Å². The van der Waals surface area contributed by atoms with Gasteiger partial charge in [-0.25, -0.2) is 5.10 Å². The van der Waals surface area contributed by atoms with Gasteiger partial charge in [0.1, 0.15) is 7.05 Å². The Morgan fingerprint density at radius 2 is 1.76 bits per heavy atom. The third-order valence-corrected chi connectivity index (χ3v) is 2.96. The number of benzene rings is 1. The SMILES string of the molecule is CC.Cc1ccc(N=C2[C-]=Nn3c2n[n+](C)c3C)cc1.[Y]. The molecule has 1 aromatic heterocycles. The van der Waals surface area contributed by atoms with E-state index in [1.165, 1.54) is 5.56 Å². The van der Waals surface area contributed by atoms with Gasteiger partial charge in [0, 0.05) is 39.6 Å². The van der Waals surface area contributed by atoms with E-state index in [1.54, 1.807) is 9.36 Å². The van der Waals surface area contributed by atoms with Crippen molar-refractivity contribution in [2.45, 2.75) is 27.7 Å². The molecular formula is C15H19N5Y. The molecule has 5 nitrogen and oxygen atoms in total. The molecule has 1 radical (unpaired) electrons. The monoisotopic (exact) mass is 358 g/mol. The van der Waals surface area contributed by atoms with Crippen LogP contribution >= 0.6 is 0 Å². The van der Waals surface area contributed by atoms with Crippen molar-refractivity contribution in [2.75, 3.05) is 0 Å². The smallest absolute Gasteiger partial charge is 0.281 e. The summed E-state index contributed by atoms with van der Waals surface area (Å²) in [5.41, 5.74) is 2.77. The van der Waals surface area contributed by atoms with E-state index in [4.69, 9.17) is 0 Å². The second-order valence-corrected chi connectivity index (χ2v) is 4.31. The van der Waals surface area contributed by atoms with E-state index >= 15 is 0 Å². The molecular weight excluding hydrogens is 339 g/mol. The molecule has 1 aromatic carbocycles. The number of fused-ring (bicyclic) bond motifs is 1. The number of hydrogen-bond donors (Lipinski definition) is 0. The summed E-state index contributed by atoms with van der Waals surface area (Å²) in [7, 11) is 1.89. The van der Waals surface area contributed by atoms with Crippen molar-refractivity contribution in [1.82, 2.24) is 9.77 Å². The third-order valence-electron chi connectivity index (χ3n) is 2.96. The van der Waals surface area contributed by atoms with Gasteiger partial charge in [-0.3, -0.25) is 4.99 Å². The second kappa shape index (κ2) is 7.71. The summed E-state index contributed by atoms with van der Waals surface area (Å²) in [5, 5.41) is 8.55. The Labute approximate surface area is 150 Å². The first kappa shape index (κ1) is 17.9. The summed E-state index contributed by atoms with van der Waals surface area (Å²) in [5.74, 6) is 1.68. The van der Waals surface area contributed by atoms with Gasteiger partial charge in [0.05, 0.1) is 5.69 Å². The van der Waals surface area contributed by atoms with E-state index in [-0.39, 0.29) is 32.7 Å². The Morgan fingerprint density at radius 1 is 1.14 bits per heavy atom. The number of aliphatic imine (C=N–C) groups is 1. The molecule has 1 aliphatic rings. The predicted molar refractivity (Wildman–Crippen MR) is 79.7 cm³/mol. The standard InChI is InChI=1S/C13H13N5.C2H6.Y/c1-9-4-6-11(7-5-9)15-12-8-14-18-10(2)17(3)16-13(12)18;1-2;/h4-7H,1-3H3;1-2H3;. The molecule has 0 spiro atoms. The van der Waals surface area contributed by atoms with Crippen LogP contribution in [0.3, 0.4) is 0 Å². The molecule has 3 rings (SSSR count). The van der Waals surface area contributed by atoms with Gasteiger partial charge in [-0.15, -0.1) is 5.10 Å². The van der Waals surface area contributed by atoms with Crippen LogP contribution in [-0.4, -0.2) is 21.7 Å². The summed E-state index contributed by atoms with van der Waals surface area (Å²) < 4.78 is 3.53. The Morgan fingerprint density at radius 3 is 2.38 bits per heavy atom. The van der Waals surface area contributed by atoms with Crippen LogP contribution in [0.4, 0.5) is 5.69 Å². The summed E-state index contributed by atoms with van der Waals surface area (Å²) in [6.45, 7) is 8.01. The van der Waals surface area contributed by atoms with Crippen molar-refractivity contribution in [2.24, 2.45) is 17.1 Å². The van der Waals surface area contributed by atoms with Crippen LogP contribution in [0, 0.1) is 13.8 Å². The zero-order chi connectivity index (χ0) is 14.7. The second-order valence-electron chi connectivity index (χ2n) is 4.31. The molecule has 2 heterocycles. The van der Waals surface area contributed by atoms with Gasteiger partial charge in [0.25, 0.3) is 5.82 Å². The maximum Gasteiger partial charge on any atom is 0.281 e. The molecule has 1 aliphatic heterocycles. The maximum absolute atomic E-state index is 4.51. The van der Waals surface area contributed by atoms with E-state index in [0.717, 1.165) is 17.3 Å². The van der Waals surface area contributed by atoms with Gasteiger partial charge in [-0.2, -0.15) is 9.36 Å². The molecule has 0 bridgehead atoms. The average molecular weight is 358 g/mol. The minimum absolute atomic E-state index is 0. The minimum atomic E-state index is 0. The number of aryl methyl sites for hydroxylation is 2. The summed E-state index contributed by atoms with van der Waals surface area (Å²) in [6.07, 6.45) is 2.90. The van der Waals surface area contributed by atoms with Crippen molar-refractivity contribution in [3.8, 4) is 0 Å². The molecule has 21 heavy (non-hydrogen) atoms. The molecule has 6 heteroatoms. The van der Waals surface area contributed by atoms with Crippen molar-refractivity contribution in [1.29, 1.82) is 0 Å². The van der Waals surface area contributed by atoms with E-state index < -0.39 is 0 Å². The molecule has 107 valence electrons. The third kappa shape index (κ3) is 3.72. The first-order valence-corrected chi connectivity index (χ1v) is 6.73. The molecule has 0 saturated carbocycles. The van der Waals surface area contributed by atoms with Crippen LogP contribution in [-0.2, 0) is 39.8 Å². The van der Waals surface area contributed by atoms with Crippen LogP contribution in [0.5, 0.6) is 0 Å². The number of rotatable bonds is 1. The quantitative estimate of drug-likeness (QED) is 0.570. The number of nitrogens with zero attached hydrogens (tertiary/aromatic N) is 5. The van der Waals surface area contributed by atoms with Gasteiger partial charge < -0.3 is 0 Å². The fourth-order valence-corrected chi connectivity index (χ4v) is 1.79. The first-order valence-electron chi connectivity index (χ1n) is 6.73. The van der Waals surface area contributed by atoms with E-state index in [2.05, 4.69) is 28.3 Å². The molecule has 2 aromatic rings. The van der Waals surface area contributed by atoms with Gasteiger partial charge in [0.2, 0.25) is 0 Å². The van der Waals surface area contributed by atoms with Crippen LogP contribution in [0.25, 0.3) is 0 Å². The number of aromatic nitrogens is 3. The Balaban J connectivity index is 0.000000706. The molecule has 0 fully saturated rings. The van der Waals surface area contributed by atoms with Crippen molar-refractivity contribution < 1.29 is 37.4 Å². The number of hydrogen-bond acceptors (Lipinski definition) is 3. The van der Waals surface area contributed by atoms with Gasteiger partial charge in [0.15, 0.2) is 5.82 Å². The van der Waals surface area contributed by atoms with E-state index in [0.29, 0.717) is 5.71 Å². The normalized spacial score (nSPS) is 13.5. The Bertz CT molecular complexity index is 668. The zero-order valence-corrected chi connectivity index (χ0v) is 16.0. The van der Waals surface area contributed by atoms with E-state index in [1.807, 2.05) is 52.1 Å².